The Balaban J connectivity index is 1.70. The van der Waals surface area contributed by atoms with Crippen LogP contribution in [0.5, 0.6) is 5.75 Å². The maximum atomic E-state index is 12.6. The molecule has 2 heterocycles. The van der Waals surface area contributed by atoms with Gasteiger partial charge >= 0.3 is 5.97 Å². The normalized spacial score (nSPS) is 18.5. The van der Waals surface area contributed by atoms with E-state index >= 15 is 0 Å². The van der Waals surface area contributed by atoms with Gasteiger partial charge in [0.1, 0.15) is 17.3 Å². The molecule has 0 saturated heterocycles. The van der Waals surface area contributed by atoms with Gasteiger partial charge < -0.3 is 20.4 Å². The van der Waals surface area contributed by atoms with Crippen LogP contribution in [-0.2, 0) is 23.1 Å². The number of carbonyl (C=O) groups is 2. The first-order chi connectivity index (χ1) is 16.7. The molecule has 2 aromatic rings. The van der Waals surface area contributed by atoms with E-state index in [-0.39, 0.29) is 30.2 Å². The lowest BCUT2D eigenvalue weighted by Crippen LogP contribution is -2.32. The van der Waals surface area contributed by atoms with Gasteiger partial charge in [0.05, 0.1) is 35.5 Å². The number of carboxylic acids is 1. The second-order valence-corrected chi connectivity index (χ2v) is 9.43. The van der Waals surface area contributed by atoms with Crippen molar-refractivity contribution in [1.29, 1.82) is 0 Å². The third-order valence-corrected chi connectivity index (χ3v) is 6.18. The van der Waals surface area contributed by atoms with Gasteiger partial charge in [0, 0.05) is 13.5 Å². The van der Waals surface area contributed by atoms with Crippen LogP contribution in [0.3, 0.4) is 0 Å². The van der Waals surface area contributed by atoms with E-state index in [0.717, 1.165) is 19.3 Å². The number of rotatable bonds is 9. The molecule has 0 aliphatic heterocycles. The minimum Gasteiger partial charge on any atom is -0.489 e. The van der Waals surface area contributed by atoms with E-state index in [1.54, 1.807) is 19.2 Å². The predicted molar refractivity (Wildman–Crippen MR) is 128 cm³/mol. The zero-order valence-electron chi connectivity index (χ0n) is 20.7. The number of hydrogen-bond donors (Lipinski definition) is 3. The number of amides is 1. The number of aryl methyl sites for hydroxylation is 2. The molecule has 1 aliphatic rings. The van der Waals surface area contributed by atoms with Crippen LogP contribution in [0.4, 0.5) is 0 Å². The lowest BCUT2D eigenvalue weighted by atomic mass is 9.87. The first kappa shape index (κ1) is 26.1. The number of aliphatic carboxylic acids is 1. The zero-order valence-corrected chi connectivity index (χ0v) is 20.7. The van der Waals surface area contributed by atoms with E-state index in [0.29, 0.717) is 53.7 Å². The molecule has 0 radical (unpaired) electrons. The first-order valence-electron chi connectivity index (χ1n) is 11.9. The molecule has 190 valence electrons. The van der Waals surface area contributed by atoms with E-state index in [4.69, 9.17) is 4.74 Å². The van der Waals surface area contributed by atoms with Crippen LogP contribution in [-0.4, -0.2) is 54.1 Å². The van der Waals surface area contributed by atoms with Gasteiger partial charge in [-0.05, 0) is 57.1 Å². The minimum atomic E-state index is -0.778. The molecule has 0 spiro atoms. The van der Waals surface area contributed by atoms with Crippen LogP contribution in [0.1, 0.15) is 63.8 Å². The number of hydrogen-bond acceptors (Lipinski definition) is 8. The molecule has 1 fully saturated rings. The Morgan fingerprint density at radius 2 is 2.09 bits per heavy atom. The van der Waals surface area contributed by atoms with Crippen molar-refractivity contribution in [3.8, 4) is 17.1 Å². The smallest absolute Gasteiger partial charge is 0.306 e. The summed E-state index contributed by atoms with van der Waals surface area (Å²) in [5, 5.41) is 32.6. The Kier molecular flexibility index (Phi) is 8.78. The van der Waals surface area contributed by atoms with Crippen molar-refractivity contribution < 1.29 is 24.6 Å². The molecule has 1 saturated carbocycles. The van der Waals surface area contributed by atoms with E-state index in [1.165, 1.54) is 4.68 Å². The molecular weight excluding hydrogens is 452 g/mol. The standard InChI is InChI=1S/C24H34N6O5/c1-14(2)8-11-21(28-34)26-22(31)13-19-23(27-29-30(19)4)18-9-10-20(15(3)25-18)35-17-7-5-6-16(12-17)24(32)33/h9-10,14,16-17,34H,5-8,11-13H2,1-4H3,(H,32,33)(H,26,28,31)/t16-,17?/m0/s1. The summed E-state index contributed by atoms with van der Waals surface area (Å²) < 4.78 is 7.61. The lowest BCUT2D eigenvalue weighted by Gasteiger charge is -2.27. The number of pyridine rings is 1. The van der Waals surface area contributed by atoms with Crippen LogP contribution in [0.15, 0.2) is 17.3 Å². The number of aromatic nitrogens is 4. The molecular formula is C24H34N6O5. The van der Waals surface area contributed by atoms with E-state index in [9.17, 15) is 19.9 Å². The van der Waals surface area contributed by atoms with Crippen molar-refractivity contribution >= 4 is 17.7 Å². The topological polar surface area (TPSA) is 152 Å². The maximum absolute atomic E-state index is 12.6. The van der Waals surface area contributed by atoms with Gasteiger partial charge in [0.15, 0.2) is 0 Å². The molecule has 3 N–H and O–H groups in total. The maximum Gasteiger partial charge on any atom is 0.306 e. The van der Waals surface area contributed by atoms with Crippen molar-refractivity contribution in [2.24, 2.45) is 24.0 Å². The van der Waals surface area contributed by atoms with Crippen LogP contribution in [0.2, 0.25) is 0 Å². The van der Waals surface area contributed by atoms with Gasteiger partial charge in [-0.2, -0.15) is 0 Å². The predicted octanol–water partition coefficient (Wildman–Crippen LogP) is 3.09. The number of carboxylic acid groups (broad SMARTS) is 1. The Bertz CT molecular complexity index is 1080. The summed E-state index contributed by atoms with van der Waals surface area (Å²) in [7, 11) is 1.70. The number of nitrogens with one attached hydrogen (secondary N) is 1. The second-order valence-electron chi connectivity index (χ2n) is 9.43. The quantitative estimate of drug-likeness (QED) is 0.212. The summed E-state index contributed by atoms with van der Waals surface area (Å²) in [6, 6.07) is 3.55. The summed E-state index contributed by atoms with van der Waals surface area (Å²) >= 11 is 0. The van der Waals surface area contributed by atoms with Crippen molar-refractivity contribution in [3.63, 3.8) is 0 Å². The van der Waals surface area contributed by atoms with Gasteiger partial charge in [0.2, 0.25) is 5.91 Å². The van der Waals surface area contributed by atoms with Gasteiger partial charge in [-0.1, -0.05) is 24.2 Å². The summed E-state index contributed by atoms with van der Waals surface area (Å²) in [5.74, 6) is -0.258. The molecule has 1 aliphatic carbocycles. The molecule has 11 nitrogen and oxygen atoms in total. The fourth-order valence-corrected chi connectivity index (χ4v) is 4.15. The van der Waals surface area contributed by atoms with Crippen LogP contribution in [0, 0.1) is 18.8 Å². The fourth-order valence-electron chi connectivity index (χ4n) is 4.15. The van der Waals surface area contributed by atoms with Gasteiger partial charge in [-0.15, -0.1) is 5.10 Å². The minimum absolute atomic E-state index is 0.0167. The Morgan fingerprint density at radius 1 is 1.31 bits per heavy atom. The van der Waals surface area contributed by atoms with Crippen LogP contribution >= 0.6 is 0 Å². The molecule has 2 atom stereocenters. The van der Waals surface area contributed by atoms with E-state index in [1.807, 2.05) is 6.92 Å². The third-order valence-electron chi connectivity index (χ3n) is 6.18. The average Bonchev–Trinajstić information content (AvgIpc) is 3.17. The highest BCUT2D eigenvalue weighted by Gasteiger charge is 2.28. The lowest BCUT2D eigenvalue weighted by molar-refractivity contribution is -0.143. The molecule has 1 amide bonds. The van der Waals surface area contributed by atoms with Gasteiger partial charge in [0.25, 0.3) is 0 Å². The second kappa shape index (κ2) is 11.8. The number of oxime groups is 1. The number of nitrogens with zero attached hydrogens (tertiary/aromatic N) is 5. The highest BCUT2D eigenvalue weighted by atomic mass is 16.5. The third kappa shape index (κ3) is 7.00. The monoisotopic (exact) mass is 486 g/mol. The summed E-state index contributed by atoms with van der Waals surface area (Å²) in [5.41, 5.74) is 2.24. The largest absolute Gasteiger partial charge is 0.489 e. The van der Waals surface area contributed by atoms with Crippen LogP contribution < -0.4 is 10.1 Å². The number of carbonyl (C=O) groups excluding carboxylic acids is 1. The summed E-state index contributed by atoms with van der Waals surface area (Å²) in [4.78, 5) is 28.6. The van der Waals surface area contributed by atoms with Crippen molar-refractivity contribution in [3.05, 3.63) is 23.5 Å². The van der Waals surface area contributed by atoms with Gasteiger partial charge in [-0.25, -0.2) is 4.98 Å². The Hall–Kier alpha value is -3.50. The molecule has 0 bridgehead atoms. The number of amidine groups is 1. The highest BCUT2D eigenvalue weighted by molar-refractivity contribution is 5.98. The summed E-state index contributed by atoms with van der Waals surface area (Å²) in [6.45, 7) is 5.92. The molecule has 35 heavy (non-hydrogen) atoms. The fraction of sp³-hybridized carbons (Fsp3) is 0.583. The Labute approximate surface area is 204 Å². The highest BCUT2D eigenvalue weighted by Crippen LogP contribution is 2.30. The number of ether oxygens (including phenoxy) is 1. The first-order valence-corrected chi connectivity index (χ1v) is 11.9. The van der Waals surface area contributed by atoms with E-state index < -0.39 is 5.97 Å². The SMILES string of the molecule is Cc1nc(-c2nnn(C)c2CC(=O)N/C(CCC(C)C)=N/O)ccc1OC1CCC[C@H](C(=O)O)C1. The van der Waals surface area contributed by atoms with Crippen molar-refractivity contribution in [1.82, 2.24) is 25.3 Å². The molecule has 2 aromatic heterocycles. The van der Waals surface area contributed by atoms with E-state index in [2.05, 4.69) is 39.6 Å². The molecule has 0 aromatic carbocycles. The molecule has 3 rings (SSSR count). The average molecular weight is 487 g/mol. The van der Waals surface area contributed by atoms with Crippen LogP contribution in [0.25, 0.3) is 11.4 Å². The van der Waals surface area contributed by atoms with Crippen molar-refractivity contribution in [2.75, 3.05) is 0 Å². The summed E-state index contributed by atoms with van der Waals surface area (Å²) in [6.07, 6.45) is 3.86. The molecule has 11 heteroatoms. The zero-order chi connectivity index (χ0) is 25.5. The molecule has 1 unspecified atom stereocenters. The van der Waals surface area contributed by atoms with Crippen molar-refractivity contribution in [2.45, 2.75) is 71.8 Å². The Morgan fingerprint density at radius 3 is 2.74 bits per heavy atom. The van der Waals surface area contributed by atoms with Gasteiger partial charge in [-0.3, -0.25) is 14.3 Å².